The van der Waals surface area contributed by atoms with Gasteiger partial charge in [0.15, 0.2) is 5.82 Å². The molecule has 124 valence electrons. The minimum Gasteiger partial charge on any atom is -0.343 e. The molecule has 0 radical (unpaired) electrons. The number of nitrogens with zero attached hydrogens (tertiary/aromatic N) is 4. The molecule has 1 N–H and O–H groups in total. The topological polar surface area (TPSA) is 72.7 Å². The molecule has 1 aliphatic carbocycles. The molecule has 0 aliphatic heterocycles. The molecule has 1 fully saturated rings. The van der Waals surface area contributed by atoms with E-state index in [1.165, 1.54) is 19.3 Å². The lowest BCUT2D eigenvalue weighted by atomic mass is 9.85. The van der Waals surface area contributed by atoms with Crippen molar-refractivity contribution in [2.24, 2.45) is 13.0 Å². The predicted molar refractivity (Wildman–Crippen MR) is 89.4 cm³/mol. The summed E-state index contributed by atoms with van der Waals surface area (Å²) in [5, 5.41) is 14.2. The summed E-state index contributed by atoms with van der Waals surface area (Å²) in [7, 11) is 1.97. The fourth-order valence-corrected chi connectivity index (χ4v) is 3.65. The highest BCUT2D eigenvalue weighted by Crippen LogP contribution is 2.35. The van der Waals surface area contributed by atoms with Crippen molar-refractivity contribution in [1.82, 2.24) is 25.1 Å². The molecule has 1 aliphatic rings. The van der Waals surface area contributed by atoms with E-state index < -0.39 is 0 Å². The highest BCUT2D eigenvalue weighted by Gasteiger charge is 2.25. The fourth-order valence-electron chi connectivity index (χ4n) is 2.66. The summed E-state index contributed by atoms with van der Waals surface area (Å²) in [6.07, 6.45) is 4.56. The zero-order valence-electron chi connectivity index (χ0n) is 13.9. The van der Waals surface area contributed by atoms with Crippen LogP contribution in [-0.4, -0.2) is 25.7 Å². The third-order valence-electron chi connectivity index (χ3n) is 4.24. The van der Waals surface area contributed by atoms with Crippen molar-refractivity contribution in [3.63, 3.8) is 0 Å². The van der Waals surface area contributed by atoms with Gasteiger partial charge in [-0.2, -0.15) is 0 Å². The number of hydrogen-bond acceptors (Lipinski definition) is 5. The van der Waals surface area contributed by atoms with Crippen LogP contribution in [0.3, 0.4) is 0 Å². The molecule has 6 nitrogen and oxygen atoms in total. The zero-order chi connectivity index (χ0) is 16.4. The van der Waals surface area contributed by atoms with Crippen molar-refractivity contribution in [2.45, 2.75) is 52.0 Å². The van der Waals surface area contributed by atoms with Gasteiger partial charge in [0.2, 0.25) is 0 Å². The molecule has 0 aromatic carbocycles. The van der Waals surface area contributed by atoms with Crippen LogP contribution in [0.15, 0.2) is 5.38 Å². The van der Waals surface area contributed by atoms with Gasteiger partial charge in [-0.3, -0.25) is 4.79 Å². The van der Waals surface area contributed by atoms with Gasteiger partial charge in [0, 0.05) is 24.8 Å². The van der Waals surface area contributed by atoms with Crippen LogP contribution in [0.5, 0.6) is 0 Å². The number of carbonyl (C=O) groups excluding carboxylic acids is 1. The van der Waals surface area contributed by atoms with Crippen molar-refractivity contribution in [3.8, 4) is 0 Å². The van der Waals surface area contributed by atoms with Crippen LogP contribution < -0.4 is 5.32 Å². The minimum atomic E-state index is -0.149. The van der Waals surface area contributed by atoms with E-state index >= 15 is 0 Å². The Morgan fingerprint density at radius 2 is 2.22 bits per heavy atom. The smallest absolute Gasteiger partial charge is 0.271 e. The van der Waals surface area contributed by atoms with Crippen LogP contribution in [0.1, 0.15) is 66.2 Å². The van der Waals surface area contributed by atoms with Gasteiger partial charge in [-0.1, -0.05) is 20.3 Å². The first-order valence-corrected chi connectivity index (χ1v) is 9.03. The quantitative estimate of drug-likeness (QED) is 0.882. The van der Waals surface area contributed by atoms with Crippen LogP contribution in [0.4, 0.5) is 0 Å². The molecule has 23 heavy (non-hydrogen) atoms. The molecular formula is C16H23N5OS. The number of nitrogens with one attached hydrogen (secondary N) is 1. The molecule has 2 heterocycles. The number of thiazole rings is 1. The summed E-state index contributed by atoms with van der Waals surface area (Å²) in [5.74, 6) is 2.76. The van der Waals surface area contributed by atoms with Crippen molar-refractivity contribution in [3.05, 3.63) is 27.7 Å². The van der Waals surface area contributed by atoms with Crippen LogP contribution in [0.25, 0.3) is 0 Å². The lowest BCUT2D eigenvalue weighted by Crippen LogP contribution is -2.25. The van der Waals surface area contributed by atoms with E-state index in [1.54, 1.807) is 11.3 Å². The molecule has 1 amide bonds. The number of hydrogen-bond donors (Lipinski definition) is 1. The SMILES string of the molecule is CC(C)Cc1nc(C(=O)NCc2nnc(C3CCC3)n2C)cs1. The van der Waals surface area contributed by atoms with Crippen LogP contribution in [-0.2, 0) is 20.0 Å². The Bertz CT molecular complexity index is 686. The normalized spacial score (nSPS) is 15.0. The Balaban J connectivity index is 1.58. The van der Waals surface area contributed by atoms with Crippen LogP contribution in [0, 0.1) is 5.92 Å². The first-order valence-electron chi connectivity index (χ1n) is 8.15. The monoisotopic (exact) mass is 333 g/mol. The Kier molecular flexibility index (Phi) is 4.75. The van der Waals surface area contributed by atoms with Crippen molar-refractivity contribution < 1.29 is 4.79 Å². The van der Waals surface area contributed by atoms with E-state index in [-0.39, 0.29) is 5.91 Å². The van der Waals surface area contributed by atoms with E-state index in [1.807, 2.05) is 17.0 Å². The van der Waals surface area contributed by atoms with Crippen molar-refractivity contribution in [2.75, 3.05) is 0 Å². The van der Waals surface area contributed by atoms with Gasteiger partial charge in [-0.05, 0) is 18.8 Å². The second-order valence-electron chi connectivity index (χ2n) is 6.57. The summed E-state index contributed by atoms with van der Waals surface area (Å²) in [4.78, 5) is 16.6. The summed E-state index contributed by atoms with van der Waals surface area (Å²) < 4.78 is 2.01. The van der Waals surface area contributed by atoms with E-state index in [9.17, 15) is 4.79 Å². The third kappa shape index (κ3) is 3.60. The average Bonchev–Trinajstić information content (AvgIpc) is 3.03. The minimum absolute atomic E-state index is 0.149. The molecule has 7 heteroatoms. The van der Waals surface area contributed by atoms with Crippen molar-refractivity contribution in [1.29, 1.82) is 0 Å². The van der Waals surface area contributed by atoms with Gasteiger partial charge in [0.25, 0.3) is 5.91 Å². The summed E-state index contributed by atoms with van der Waals surface area (Å²) in [6, 6.07) is 0. The molecule has 3 rings (SSSR count). The predicted octanol–water partition coefficient (Wildman–Crippen LogP) is 2.67. The Morgan fingerprint density at radius 3 is 2.87 bits per heavy atom. The third-order valence-corrected chi connectivity index (χ3v) is 5.11. The molecule has 2 aromatic heterocycles. The van der Waals surface area contributed by atoms with Crippen LogP contribution >= 0.6 is 11.3 Å². The lowest BCUT2D eigenvalue weighted by Gasteiger charge is -2.24. The molecule has 0 unspecified atom stereocenters. The summed E-state index contributed by atoms with van der Waals surface area (Å²) in [6.45, 7) is 4.68. The van der Waals surface area contributed by atoms with Crippen molar-refractivity contribution >= 4 is 17.2 Å². The zero-order valence-corrected chi connectivity index (χ0v) is 14.7. The molecule has 1 saturated carbocycles. The largest absolute Gasteiger partial charge is 0.343 e. The first-order chi connectivity index (χ1) is 11.0. The molecule has 0 bridgehead atoms. The second-order valence-corrected chi connectivity index (χ2v) is 7.51. The number of aromatic nitrogens is 4. The van der Waals surface area contributed by atoms with Gasteiger partial charge in [-0.15, -0.1) is 21.5 Å². The van der Waals surface area contributed by atoms with Gasteiger partial charge >= 0.3 is 0 Å². The number of carbonyl (C=O) groups is 1. The highest BCUT2D eigenvalue weighted by molar-refractivity contribution is 7.09. The van der Waals surface area contributed by atoms with Gasteiger partial charge in [0.1, 0.15) is 11.5 Å². The summed E-state index contributed by atoms with van der Waals surface area (Å²) in [5.41, 5.74) is 0.493. The van der Waals surface area contributed by atoms with E-state index in [0.717, 1.165) is 23.1 Å². The molecule has 2 aromatic rings. The fraction of sp³-hybridized carbons (Fsp3) is 0.625. The van der Waals surface area contributed by atoms with Gasteiger partial charge in [-0.25, -0.2) is 4.98 Å². The van der Waals surface area contributed by atoms with E-state index in [0.29, 0.717) is 24.1 Å². The van der Waals surface area contributed by atoms with Gasteiger partial charge in [0.05, 0.1) is 11.6 Å². The Hall–Kier alpha value is -1.76. The number of amides is 1. The molecule has 0 spiro atoms. The standard InChI is InChI=1S/C16H23N5OS/c1-10(2)7-14-18-12(9-23-14)16(22)17-8-13-19-20-15(21(13)3)11-5-4-6-11/h9-11H,4-8H2,1-3H3,(H,17,22). The summed E-state index contributed by atoms with van der Waals surface area (Å²) >= 11 is 1.54. The maximum absolute atomic E-state index is 12.2. The molecule has 0 atom stereocenters. The maximum atomic E-state index is 12.2. The molecular weight excluding hydrogens is 310 g/mol. The maximum Gasteiger partial charge on any atom is 0.271 e. The Labute approximate surface area is 140 Å². The first kappa shape index (κ1) is 16.1. The van der Waals surface area contributed by atoms with Gasteiger partial charge < -0.3 is 9.88 Å². The highest BCUT2D eigenvalue weighted by atomic mass is 32.1. The van der Waals surface area contributed by atoms with E-state index in [2.05, 4.69) is 34.3 Å². The molecule has 0 saturated heterocycles. The number of rotatable bonds is 6. The Morgan fingerprint density at radius 1 is 1.43 bits per heavy atom. The average molecular weight is 333 g/mol. The van der Waals surface area contributed by atoms with E-state index in [4.69, 9.17) is 0 Å². The second kappa shape index (κ2) is 6.78. The lowest BCUT2D eigenvalue weighted by molar-refractivity contribution is 0.0945. The van der Waals surface area contributed by atoms with Crippen LogP contribution in [0.2, 0.25) is 0 Å².